The van der Waals surface area contributed by atoms with Gasteiger partial charge >= 0.3 is 0 Å². The maximum atomic E-state index is 6.11. The Morgan fingerprint density at radius 3 is 2.77 bits per heavy atom. The molecule has 1 fully saturated rings. The fraction of sp³-hybridized carbons (Fsp3) is 0.263. The number of nitrogens with zero attached hydrogens (tertiary/aromatic N) is 1. The molecule has 1 aromatic heterocycles. The normalized spacial score (nSPS) is 14.6. The van der Waals surface area contributed by atoms with Gasteiger partial charge in [-0.25, -0.2) is 0 Å². The number of fused-ring (bicyclic) bond motifs is 1. The Hall–Kier alpha value is -1.77. The van der Waals surface area contributed by atoms with Gasteiger partial charge in [0.05, 0.1) is 0 Å². The predicted molar refractivity (Wildman–Crippen MR) is 92.4 cm³/mol. The number of nitrogens with one attached hydrogen (secondary N) is 1. The molecule has 0 saturated heterocycles. The lowest BCUT2D eigenvalue weighted by molar-refractivity contribution is 0.687. The Morgan fingerprint density at radius 1 is 1.09 bits per heavy atom. The van der Waals surface area contributed by atoms with Crippen LogP contribution in [0.1, 0.15) is 24.0 Å². The van der Waals surface area contributed by atoms with E-state index in [0.29, 0.717) is 0 Å². The molecule has 0 radical (unpaired) electrons. The van der Waals surface area contributed by atoms with Gasteiger partial charge in [0, 0.05) is 41.3 Å². The number of hydrogen-bond acceptors (Lipinski definition) is 1. The van der Waals surface area contributed by atoms with E-state index in [9.17, 15) is 0 Å². The summed E-state index contributed by atoms with van der Waals surface area (Å²) in [6.07, 6.45) is 4.92. The number of rotatable bonds is 5. The van der Waals surface area contributed by atoms with Gasteiger partial charge in [-0.3, -0.25) is 0 Å². The predicted octanol–water partition coefficient (Wildman–Crippen LogP) is 4.60. The standard InChI is InChI=1S/C19H19ClN2/c20-16-5-3-4-14(10-16)12-22-13-15(11-21-17-8-9-17)18-6-1-2-7-19(18)22/h1-7,10,13,17,21H,8-9,11-12H2. The topological polar surface area (TPSA) is 17.0 Å². The van der Waals surface area contributed by atoms with Gasteiger partial charge in [-0.15, -0.1) is 0 Å². The lowest BCUT2D eigenvalue weighted by Gasteiger charge is -2.06. The summed E-state index contributed by atoms with van der Waals surface area (Å²) in [5, 5.41) is 5.76. The summed E-state index contributed by atoms with van der Waals surface area (Å²) in [6, 6.07) is 17.5. The molecule has 0 bridgehead atoms. The summed E-state index contributed by atoms with van der Waals surface area (Å²) in [7, 11) is 0. The maximum Gasteiger partial charge on any atom is 0.0486 e. The van der Waals surface area contributed by atoms with Gasteiger partial charge < -0.3 is 9.88 Å². The van der Waals surface area contributed by atoms with Gasteiger partial charge in [0.2, 0.25) is 0 Å². The fourth-order valence-electron chi connectivity index (χ4n) is 2.97. The third-order valence-electron chi connectivity index (χ3n) is 4.27. The molecule has 0 aliphatic heterocycles. The summed E-state index contributed by atoms with van der Waals surface area (Å²) in [5.41, 5.74) is 3.90. The first-order valence-corrected chi connectivity index (χ1v) is 8.22. The molecule has 1 saturated carbocycles. The largest absolute Gasteiger partial charge is 0.343 e. The van der Waals surface area contributed by atoms with Crippen LogP contribution < -0.4 is 5.32 Å². The second-order valence-electron chi connectivity index (χ2n) is 6.08. The highest BCUT2D eigenvalue weighted by atomic mass is 35.5. The van der Waals surface area contributed by atoms with Gasteiger partial charge in [0.15, 0.2) is 0 Å². The van der Waals surface area contributed by atoms with E-state index < -0.39 is 0 Å². The van der Waals surface area contributed by atoms with E-state index >= 15 is 0 Å². The maximum absolute atomic E-state index is 6.11. The number of para-hydroxylation sites is 1. The first-order chi connectivity index (χ1) is 10.8. The molecule has 1 heterocycles. The van der Waals surface area contributed by atoms with Gasteiger partial charge in [0.25, 0.3) is 0 Å². The molecule has 1 N–H and O–H groups in total. The quantitative estimate of drug-likeness (QED) is 0.729. The second kappa shape index (κ2) is 5.79. The minimum absolute atomic E-state index is 0.732. The van der Waals surface area contributed by atoms with E-state index in [0.717, 1.165) is 24.2 Å². The van der Waals surface area contributed by atoms with E-state index in [1.165, 1.54) is 34.9 Å². The Balaban J connectivity index is 1.67. The van der Waals surface area contributed by atoms with Crippen molar-refractivity contribution in [3.8, 4) is 0 Å². The summed E-state index contributed by atoms with van der Waals surface area (Å²) >= 11 is 6.11. The zero-order valence-electron chi connectivity index (χ0n) is 12.4. The van der Waals surface area contributed by atoms with Crippen LogP contribution in [0.25, 0.3) is 10.9 Å². The van der Waals surface area contributed by atoms with Crippen LogP contribution in [0.2, 0.25) is 5.02 Å². The third-order valence-corrected chi connectivity index (χ3v) is 4.51. The molecule has 2 nitrogen and oxygen atoms in total. The van der Waals surface area contributed by atoms with Crippen molar-refractivity contribution < 1.29 is 0 Å². The molecular weight excluding hydrogens is 292 g/mol. The average molecular weight is 311 g/mol. The van der Waals surface area contributed by atoms with Crippen molar-refractivity contribution in [2.45, 2.75) is 32.0 Å². The SMILES string of the molecule is Clc1cccc(Cn2cc(CNC3CC3)c3ccccc32)c1. The number of hydrogen-bond donors (Lipinski definition) is 1. The molecule has 4 rings (SSSR count). The van der Waals surface area contributed by atoms with Crippen LogP contribution in [0.3, 0.4) is 0 Å². The Bertz CT molecular complexity index is 802. The summed E-state index contributed by atoms with van der Waals surface area (Å²) < 4.78 is 2.32. The first kappa shape index (κ1) is 13.9. The molecule has 22 heavy (non-hydrogen) atoms. The van der Waals surface area contributed by atoms with Crippen molar-refractivity contribution in [2.75, 3.05) is 0 Å². The van der Waals surface area contributed by atoms with Crippen molar-refractivity contribution in [2.24, 2.45) is 0 Å². The van der Waals surface area contributed by atoms with E-state index in [1.807, 2.05) is 18.2 Å². The first-order valence-electron chi connectivity index (χ1n) is 7.84. The molecule has 0 amide bonds. The number of halogens is 1. The summed E-state index contributed by atoms with van der Waals surface area (Å²) in [6.45, 7) is 1.80. The molecule has 1 aliphatic rings. The lowest BCUT2D eigenvalue weighted by Crippen LogP contribution is -2.14. The Labute approximate surface area is 135 Å². The summed E-state index contributed by atoms with van der Waals surface area (Å²) in [5.74, 6) is 0. The molecule has 3 heteroatoms. The van der Waals surface area contributed by atoms with Gasteiger partial charge in [-0.05, 0) is 42.2 Å². The van der Waals surface area contributed by atoms with E-state index in [4.69, 9.17) is 11.6 Å². The highest BCUT2D eigenvalue weighted by Gasteiger charge is 2.20. The zero-order valence-corrected chi connectivity index (χ0v) is 13.2. The second-order valence-corrected chi connectivity index (χ2v) is 6.52. The Morgan fingerprint density at radius 2 is 1.95 bits per heavy atom. The van der Waals surface area contributed by atoms with Crippen LogP contribution in [0.4, 0.5) is 0 Å². The molecule has 0 atom stereocenters. The molecule has 2 aromatic carbocycles. The minimum Gasteiger partial charge on any atom is -0.343 e. The van der Waals surface area contributed by atoms with Crippen LogP contribution in [0.5, 0.6) is 0 Å². The van der Waals surface area contributed by atoms with Gasteiger partial charge in [-0.2, -0.15) is 0 Å². The van der Waals surface area contributed by atoms with Crippen LogP contribution in [0.15, 0.2) is 54.7 Å². The highest BCUT2D eigenvalue weighted by Crippen LogP contribution is 2.25. The molecule has 0 unspecified atom stereocenters. The van der Waals surface area contributed by atoms with Crippen LogP contribution in [-0.2, 0) is 13.1 Å². The molecule has 1 aliphatic carbocycles. The number of benzene rings is 2. The van der Waals surface area contributed by atoms with Crippen molar-refractivity contribution in [1.29, 1.82) is 0 Å². The third kappa shape index (κ3) is 2.90. The zero-order chi connectivity index (χ0) is 14.9. The van der Waals surface area contributed by atoms with Gasteiger partial charge in [0.1, 0.15) is 0 Å². The van der Waals surface area contributed by atoms with Crippen molar-refractivity contribution in [3.63, 3.8) is 0 Å². The van der Waals surface area contributed by atoms with Crippen LogP contribution in [0, 0.1) is 0 Å². The smallest absolute Gasteiger partial charge is 0.0486 e. The number of aromatic nitrogens is 1. The molecule has 112 valence electrons. The summed E-state index contributed by atoms with van der Waals surface area (Å²) in [4.78, 5) is 0. The fourth-order valence-corrected chi connectivity index (χ4v) is 3.18. The highest BCUT2D eigenvalue weighted by molar-refractivity contribution is 6.30. The van der Waals surface area contributed by atoms with E-state index in [1.54, 1.807) is 0 Å². The van der Waals surface area contributed by atoms with E-state index in [-0.39, 0.29) is 0 Å². The monoisotopic (exact) mass is 310 g/mol. The molecular formula is C19H19ClN2. The van der Waals surface area contributed by atoms with Crippen molar-refractivity contribution in [3.05, 3.63) is 70.9 Å². The molecule has 0 spiro atoms. The Kier molecular flexibility index (Phi) is 3.65. The minimum atomic E-state index is 0.732. The van der Waals surface area contributed by atoms with Crippen LogP contribution >= 0.6 is 11.6 Å². The van der Waals surface area contributed by atoms with Crippen molar-refractivity contribution >= 4 is 22.5 Å². The van der Waals surface area contributed by atoms with Crippen molar-refractivity contribution in [1.82, 2.24) is 9.88 Å². The molecule has 3 aromatic rings. The lowest BCUT2D eigenvalue weighted by atomic mass is 10.2. The van der Waals surface area contributed by atoms with Gasteiger partial charge in [-0.1, -0.05) is 41.9 Å². The van der Waals surface area contributed by atoms with Crippen LogP contribution in [-0.4, -0.2) is 10.6 Å². The average Bonchev–Trinajstić information content (AvgIpc) is 3.29. The van der Waals surface area contributed by atoms with E-state index in [2.05, 4.69) is 46.4 Å².